The molecule has 4 nitrogen and oxygen atoms in total. The first-order valence-corrected chi connectivity index (χ1v) is 7.89. The number of benzene rings is 2. The van der Waals surface area contributed by atoms with Crippen molar-refractivity contribution >= 4 is 5.96 Å². The lowest BCUT2D eigenvalue weighted by Crippen LogP contribution is -2.36. The highest BCUT2D eigenvalue weighted by molar-refractivity contribution is 5.79. The third-order valence-electron chi connectivity index (χ3n) is 3.77. The largest absolute Gasteiger partial charge is 0.380 e. The number of ether oxygens (including phenoxy) is 1. The molecule has 0 saturated carbocycles. The molecule has 2 aromatic rings. The Hall–Kier alpha value is -2.40. The molecule has 0 atom stereocenters. The van der Waals surface area contributed by atoms with Crippen LogP contribution in [0.2, 0.25) is 0 Å². The third kappa shape index (κ3) is 5.06. The molecule has 0 spiro atoms. The van der Waals surface area contributed by atoms with Gasteiger partial charge in [-0.3, -0.25) is 4.99 Å². The molecule has 0 aliphatic rings. The second kappa shape index (κ2) is 9.03. The summed E-state index contributed by atoms with van der Waals surface area (Å²) in [5.41, 5.74) is 3.97. The molecule has 0 fully saturated rings. The first kappa shape index (κ1) is 17.9. The van der Waals surface area contributed by atoms with Gasteiger partial charge in [0.05, 0.1) is 6.61 Å². The van der Waals surface area contributed by atoms with Gasteiger partial charge in [-0.25, -0.2) is 4.39 Å². The monoisotopic (exact) mass is 329 g/mol. The van der Waals surface area contributed by atoms with E-state index >= 15 is 0 Å². The van der Waals surface area contributed by atoms with E-state index in [9.17, 15) is 4.39 Å². The van der Waals surface area contributed by atoms with E-state index in [-0.39, 0.29) is 5.82 Å². The second-order valence-corrected chi connectivity index (χ2v) is 5.56. The van der Waals surface area contributed by atoms with Gasteiger partial charge in [-0.1, -0.05) is 36.4 Å². The minimum Gasteiger partial charge on any atom is -0.380 e. The van der Waals surface area contributed by atoms with E-state index in [4.69, 9.17) is 4.74 Å². The Morgan fingerprint density at radius 1 is 1.08 bits per heavy atom. The van der Waals surface area contributed by atoms with Crippen LogP contribution in [-0.4, -0.2) is 20.1 Å². The Labute approximate surface area is 142 Å². The molecule has 2 N–H and O–H groups in total. The summed E-state index contributed by atoms with van der Waals surface area (Å²) in [5, 5.41) is 6.53. The van der Waals surface area contributed by atoms with Gasteiger partial charge < -0.3 is 15.4 Å². The molecule has 2 rings (SSSR count). The second-order valence-electron chi connectivity index (χ2n) is 5.56. The number of nitrogens with zero attached hydrogens (tertiary/aromatic N) is 1. The maximum absolute atomic E-state index is 13.3. The van der Waals surface area contributed by atoms with Crippen molar-refractivity contribution < 1.29 is 9.13 Å². The van der Waals surface area contributed by atoms with E-state index in [0.717, 1.165) is 11.1 Å². The number of aliphatic imine (C=N–C) groups is 1. The van der Waals surface area contributed by atoms with Gasteiger partial charge in [-0.15, -0.1) is 0 Å². The van der Waals surface area contributed by atoms with Crippen molar-refractivity contribution in [2.75, 3.05) is 14.2 Å². The summed E-state index contributed by atoms with van der Waals surface area (Å²) in [4.78, 5) is 4.22. The smallest absolute Gasteiger partial charge is 0.191 e. The zero-order valence-electron chi connectivity index (χ0n) is 14.4. The van der Waals surface area contributed by atoms with E-state index in [1.165, 1.54) is 11.6 Å². The molecule has 0 radical (unpaired) electrons. The van der Waals surface area contributed by atoms with Gasteiger partial charge in [0.25, 0.3) is 0 Å². The molecular formula is C19H24FN3O. The molecule has 0 amide bonds. The van der Waals surface area contributed by atoms with Gasteiger partial charge >= 0.3 is 0 Å². The predicted molar refractivity (Wildman–Crippen MR) is 95.3 cm³/mol. The van der Waals surface area contributed by atoms with Crippen molar-refractivity contribution in [3.63, 3.8) is 0 Å². The Kier molecular flexibility index (Phi) is 6.75. The van der Waals surface area contributed by atoms with Crippen molar-refractivity contribution in [2.24, 2.45) is 4.99 Å². The molecule has 0 saturated heterocycles. The number of hydrogen-bond acceptors (Lipinski definition) is 2. The summed E-state index contributed by atoms with van der Waals surface area (Å²) in [6, 6.07) is 13.2. The van der Waals surface area contributed by atoms with Crippen molar-refractivity contribution in [1.82, 2.24) is 10.6 Å². The van der Waals surface area contributed by atoms with Crippen LogP contribution in [0.25, 0.3) is 0 Å². The fraction of sp³-hybridized carbons (Fsp3) is 0.316. The average molecular weight is 329 g/mol. The molecule has 2 aromatic carbocycles. The van der Waals surface area contributed by atoms with Crippen molar-refractivity contribution in [3.05, 3.63) is 70.5 Å². The third-order valence-corrected chi connectivity index (χ3v) is 3.77. The van der Waals surface area contributed by atoms with Gasteiger partial charge in [-0.2, -0.15) is 0 Å². The van der Waals surface area contributed by atoms with Crippen LogP contribution in [-0.2, 0) is 24.4 Å². The lowest BCUT2D eigenvalue weighted by atomic mass is 10.1. The van der Waals surface area contributed by atoms with Gasteiger partial charge in [0.2, 0.25) is 0 Å². The fourth-order valence-electron chi connectivity index (χ4n) is 2.43. The van der Waals surface area contributed by atoms with Crippen LogP contribution in [0.1, 0.15) is 22.3 Å². The van der Waals surface area contributed by atoms with Crippen molar-refractivity contribution in [3.8, 4) is 0 Å². The highest BCUT2D eigenvalue weighted by Crippen LogP contribution is 2.10. The van der Waals surface area contributed by atoms with Crippen molar-refractivity contribution in [2.45, 2.75) is 26.6 Å². The van der Waals surface area contributed by atoms with Crippen LogP contribution < -0.4 is 10.6 Å². The summed E-state index contributed by atoms with van der Waals surface area (Å²) < 4.78 is 18.5. The number of methoxy groups -OCH3 is 1. The predicted octanol–water partition coefficient (Wildman–Crippen LogP) is 3.15. The van der Waals surface area contributed by atoms with Crippen LogP contribution in [0.15, 0.2) is 47.5 Å². The molecule has 0 unspecified atom stereocenters. The van der Waals surface area contributed by atoms with Crippen LogP contribution in [0.4, 0.5) is 4.39 Å². The molecule has 0 bridgehead atoms. The van der Waals surface area contributed by atoms with Gasteiger partial charge in [0.1, 0.15) is 5.82 Å². The lowest BCUT2D eigenvalue weighted by molar-refractivity contribution is 0.184. The van der Waals surface area contributed by atoms with E-state index in [1.807, 2.05) is 18.2 Å². The Bertz CT molecular complexity index is 701. The highest BCUT2D eigenvalue weighted by Gasteiger charge is 2.04. The zero-order valence-corrected chi connectivity index (χ0v) is 14.4. The number of halogens is 1. The normalized spacial score (nSPS) is 11.4. The summed E-state index contributed by atoms with van der Waals surface area (Å²) >= 11 is 0. The summed E-state index contributed by atoms with van der Waals surface area (Å²) in [6.45, 7) is 3.58. The highest BCUT2D eigenvalue weighted by atomic mass is 19.1. The fourth-order valence-corrected chi connectivity index (χ4v) is 2.43. The number of guanidine groups is 1. The Morgan fingerprint density at radius 3 is 2.46 bits per heavy atom. The maximum atomic E-state index is 13.3. The minimum absolute atomic E-state index is 0.184. The standard InChI is InChI=1S/C19H24FN3O/c1-14-10-15(8-9-18(14)20)11-22-19(21-2)23-12-16-6-4-5-7-17(16)13-24-3/h4-10H,11-13H2,1-3H3,(H2,21,22,23). The quantitative estimate of drug-likeness (QED) is 0.632. The van der Waals surface area contributed by atoms with Gasteiger partial charge in [-0.05, 0) is 35.2 Å². The van der Waals surface area contributed by atoms with Crippen LogP contribution in [0.3, 0.4) is 0 Å². The average Bonchev–Trinajstić information content (AvgIpc) is 2.59. The van der Waals surface area contributed by atoms with Crippen LogP contribution in [0, 0.1) is 12.7 Å². The van der Waals surface area contributed by atoms with Gasteiger partial charge in [0, 0.05) is 27.2 Å². The topological polar surface area (TPSA) is 45.7 Å². The zero-order chi connectivity index (χ0) is 17.4. The first-order chi connectivity index (χ1) is 11.6. The minimum atomic E-state index is -0.184. The Balaban J connectivity index is 1.92. The van der Waals surface area contributed by atoms with Crippen LogP contribution in [0.5, 0.6) is 0 Å². The Morgan fingerprint density at radius 2 is 1.79 bits per heavy atom. The molecule has 0 aromatic heterocycles. The number of rotatable bonds is 6. The number of nitrogens with one attached hydrogen (secondary N) is 2. The number of hydrogen-bond donors (Lipinski definition) is 2. The molecule has 0 aliphatic carbocycles. The SMILES string of the molecule is CN=C(NCc1ccc(F)c(C)c1)NCc1ccccc1COC. The molecule has 24 heavy (non-hydrogen) atoms. The first-order valence-electron chi connectivity index (χ1n) is 7.89. The molecule has 0 aliphatic heterocycles. The molecule has 0 heterocycles. The van der Waals surface area contributed by atoms with E-state index in [1.54, 1.807) is 27.1 Å². The molecule has 5 heteroatoms. The molecular weight excluding hydrogens is 305 g/mol. The lowest BCUT2D eigenvalue weighted by Gasteiger charge is -2.14. The summed E-state index contributed by atoms with van der Waals surface area (Å²) in [7, 11) is 3.42. The van der Waals surface area contributed by atoms with Gasteiger partial charge in [0.15, 0.2) is 5.96 Å². The van der Waals surface area contributed by atoms with E-state index in [0.29, 0.717) is 31.2 Å². The molecule has 128 valence electrons. The summed E-state index contributed by atoms with van der Waals surface area (Å²) in [6.07, 6.45) is 0. The van der Waals surface area contributed by atoms with Crippen LogP contribution >= 0.6 is 0 Å². The number of aryl methyl sites for hydroxylation is 1. The van der Waals surface area contributed by atoms with E-state index in [2.05, 4.69) is 27.8 Å². The van der Waals surface area contributed by atoms with Crippen molar-refractivity contribution in [1.29, 1.82) is 0 Å². The maximum Gasteiger partial charge on any atom is 0.191 e. The summed E-state index contributed by atoms with van der Waals surface area (Å²) in [5.74, 6) is 0.514. The van der Waals surface area contributed by atoms with E-state index < -0.39 is 0 Å².